The molecule has 0 amide bonds. The summed E-state index contributed by atoms with van der Waals surface area (Å²) in [6.07, 6.45) is 3.23. The van der Waals surface area contributed by atoms with E-state index in [1.54, 1.807) is 11.8 Å². The van der Waals surface area contributed by atoms with Crippen LogP contribution < -0.4 is 4.74 Å². The summed E-state index contributed by atoms with van der Waals surface area (Å²) in [5.74, 6) is 1.58. The molecule has 2 aromatic rings. The molecule has 0 aromatic heterocycles. The molecule has 0 spiro atoms. The lowest BCUT2D eigenvalue weighted by Gasteiger charge is -2.18. The van der Waals surface area contributed by atoms with Crippen molar-refractivity contribution in [2.75, 3.05) is 6.26 Å². The summed E-state index contributed by atoms with van der Waals surface area (Å²) >= 11 is 1.75. The van der Waals surface area contributed by atoms with E-state index in [1.807, 2.05) is 6.07 Å². The topological polar surface area (TPSA) is 9.23 Å². The Morgan fingerprint density at radius 3 is 2.45 bits per heavy atom. The monoisotopic (exact) mass is 286 g/mol. The van der Waals surface area contributed by atoms with Gasteiger partial charge >= 0.3 is 0 Å². The van der Waals surface area contributed by atoms with Crippen molar-refractivity contribution in [3.8, 4) is 5.75 Å². The highest BCUT2D eigenvalue weighted by atomic mass is 32.2. The number of hydrogen-bond acceptors (Lipinski definition) is 2. The fraction of sp³-hybridized carbons (Fsp3) is 0.333. The molecule has 2 heteroatoms. The number of thioether (sulfide) groups is 1. The molecule has 0 fully saturated rings. The van der Waals surface area contributed by atoms with Gasteiger partial charge in [-0.1, -0.05) is 56.3 Å². The van der Waals surface area contributed by atoms with Crippen LogP contribution in [0.4, 0.5) is 0 Å². The van der Waals surface area contributed by atoms with Crippen molar-refractivity contribution in [2.45, 2.75) is 37.7 Å². The molecule has 0 bridgehead atoms. The molecule has 0 saturated heterocycles. The van der Waals surface area contributed by atoms with Crippen LogP contribution in [-0.2, 0) is 6.61 Å². The van der Waals surface area contributed by atoms with Gasteiger partial charge in [0.1, 0.15) is 12.4 Å². The third kappa shape index (κ3) is 3.57. The Hall–Kier alpha value is -1.41. The van der Waals surface area contributed by atoms with Crippen LogP contribution in [0.2, 0.25) is 0 Å². The summed E-state index contributed by atoms with van der Waals surface area (Å²) in [5.41, 5.74) is 2.52. The lowest BCUT2D eigenvalue weighted by molar-refractivity contribution is 0.293. The second-order valence-electron chi connectivity index (χ2n) is 4.96. The third-order valence-corrected chi connectivity index (χ3v) is 4.36. The fourth-order valence-corrected chi connectivity index (χ4v) is 2.76. The SMILES string of the molecule is CCC(C)c1cccc(SC)c1OCc1ccccc1. The van der Waals surface area contributed by atoms with Gasteiger partial charge in [0, 0.05) is 4.90 Å². The quantitative estimate of drug-likeness (QED) is 0.648. The van der Waals surface area contributed by atoms with Crippen molar-refractivity contribution in [3.63, 3.8) is 0 Å². The first-order chi connectivity index (χ1) is 9.76. The molecule has 2 aromatic carbocycles. The average molecular weight is 286 g/mol. The molecule has 2 rings (SSSR count). The minimum atomic E-state index is 0.521. The van der Waals surface area contributed by atoms with Crippen molar-refractivity contribution < 1.29 is 4.74 Å². The maximum Gasteiger partial charge on any atom is 0.136 e. The normalized spacial score (nSPS) is 12.2. The standard InChI is InChI=1S/C18H22OS/c1-4-14(2)16-11-8-12-17(20-3)18(16)19-13-15-9-6-5-7-10-15/h5-12,14H,4,13H2,1-3H3. The minimum Gasteiger partial charge on any atom is -0.487 e. The Morgan fingerprint density at radius 2 is 1.80 bits per heavy atom. The van der Waals surface area contributed by atoms with Gasteiger partial charge in [0.2, 0.25) is 0 Å². The largest absolute Gasteiger partial charge is 0.487 e. The highest BCUT2D eigenvalue weighted by molar-refractivity contribution is 7.98. The van der Waals surface area contributed by atoms with E-state index in [1.165, 1.54) is 16.0 Å². The number of hydrogen-bond donors (Lipinski definition) is 0. The Labute approximate surface area is 126 Å². The molecule has 106 valence electrons. The number of para-hydroxylation sites is 1. The minimum absolute atomic E-state index is 0.521. The summed E-state index contributed by atoms with van der Waals surface area (Å²) < 4.78 is 6.15. The molecule has 0 aliphatic heterocycles. The molecule has 0 radical (unpaired) electrons. The molecule has 20 heavy (non-hydrogen) atoms. The summed E-state index contributed by atoms with van der Waals surface area (Å²) in [4.78, 5) is 1.22. The Morgan fingerprint density at radius 1 is 1.05 bits per heavy atom. The predicted octanol–water partition coefficient (Wildman–Crippen LogP) is 5.50. The van der Waals surface area contributed by atoms with Crippen molar-refractivity contribution in [2.24, 2.45) is 0 Å². The van der Waals surface area contributed by atoms with Crippen LogP contribution in [0.1, 0.15) is 37.3 Å². The van der Waals surface area contributed by atoms with E-state index in [0.29, 0.717) is 12.5 Å². The smallest absolute Gasteiger partial charge is 0.136 e. The molecule has 0 saturated carbocycles. The molecule has 0 heterocycles. The van der Waals surface area contributed by atoms with Crippen LogP contribution in [0.3, 0.4) is 0 Å². The van der Waals surface area contributed by atoms with Gasteiger partial charge in [-0.2, -0.15) is 0 Å². The third-order valence-electron chi connectivity index (χ3n) is 3.60. The first-order valence-electron chi connectivity index (χ1n) is 7.09. The zero-order chi connectivity index (χ0) is 14.4. The van der Waals surface area contributed by atoms with Crippen LogP contribution in [-0.4, -0.2) is 6.26 Å². The van der Waals surface area contributed by atoms with Gasteiger partial charge in [-0.15, -0.1) is 11.8 Å². The number of rotatable bonds is 6. The van der Waals surface area contributed by atoms with Gasteiger partial charge in [0.25, 0.3) is 0 Å². The Kier molecular flexibility index (Phi) is 5.54. The molecule has 0 aliphatic rings. The Bertz CT molecular complexity index is 536. The first-order valence-corrected chi connectivity index (χ1v) is 8.32. The molecule has 0 N–H and O–H groups in total. The van der Waals surface area contributed by atoms with Gasteiger partial charge in [0.05, 0.1) is 0 Å². The van der Waals surface area contributed by atoms with Crippen molar-refractivity contribution in [1.29, 1.82) is 0 Å². The van der Waals surface area contributed by atoms with Gasteiger partial charge in [0.15, 0.2) is 0 Å². The van der Waals surface area contributed by atoms with Crippen molar-refractivity contribution in [1.82, 2.24) is 0 Å². The summed E-state index contributed by atoms with van der Waals surface area (Å²) in [6, 6.07) is 16.8. The predicted molar refractivity (Wildman–Crippen MR) is 87.7 cm³/mol. The Balaban J connectivity index is 2.24. The number of ether oxygens (including phenoxy) is 1. The highest BCUT2D eigenvalue weighted by Crippen LogP contribution is 2.37. The zero-order valence-electron chi connectivity index (χ0n) is 12.4. The zero-order valence-corrected chi connectivity index (χ0v) is 13.2. The lowest BCUT2D eigenvalue weighted by atomic mass is 9.98. The van der Waals surface area contributed by atoms with E-state index in [4.69, 9.17) is 4.74 Å². The van der Waals surface area contributed by atoms with Crippen LogP contribution in [0, 0.1) is 0 Å². The molecular weight excluding hydrogens is 264 g/mol. The van der Waals surface area contributed by atoms with Crippen molar-refractivity contribution in [3.05, 3.63) is 59.7 Å². The van der Waals surface area contributed by atoms with Gasteiger partial charge < -0.3 is 4.74 Å². The van der Waals surface area contributed by atoms with Gasteiger partial charge in [-0.25, -0.2) is 0 Å². The summed E-state index contributed by atoms with van der Waals surface area (Å²) in [7, 11) is 0. The maximum atomic E-state index is 6.15. The van der Waals surface area contributed by atoms with Crippen LogP contribution in [0.25, 0.3) is 0 Å². The van der Waals surface area contributed by atoms with E-state index in [-0.39, 0.29) is 0 Å². The van der Waals surface area contributed by atoms with Crippen molar-refractivity contribution >= 4 is 11.8 Å². The average Bonchev–Trinajstić information content (AvgIpc) is 2.52. The van der Waals surface area contributed by atoms with E-state index < -0.39 is 0 Å². The van der Waals surface area contributed by atoms with Crippen LogP contribution >= 0.6 is 11.8 Å². The van der Waals surface area contributed by atoms with Gasteiger partial charge in [-0.3, -0.25) is 0 Å². The molecule has 1 nitrogen and oxygen atoms in total. The summed E-state index contributed by atoms with van der Waals surface area (Å²) in [5, 5.41) is 0. The first kappa shape index (κ1) is 15.0. The lowest BCUT2D eigenvalue weighted by Crippen LogP contribution is -2.02. The molecular formula is C18H22OS. The molecule has 0 aliphatic carbocycles. The second kappa shape index (κ2) is 7.39. The highest BCUT2D eigenvalue weighted by Gasteiger charge is 2.14. The van der Waals surface area contributed by atoms with E-state index >= 15 is 0 Å². The van der Waals surface area contributed by atoms with Gasteiger partial charge in [-0.05, 0) is 35.8 Å². The fourth-order valence-electron chi connectivity index (χ4n) is 2.19. The van der Waals surface area contributed by atoms with Crippen LogP contribution in [0.15, 0.2) is 53.4 Å². The molecule has 1 atom stereocenters. The molecule has 1 unspecified atom stereocenters. The maximum absolute atomic E-state index is 6.15. The van der Waals surface area contributed by atoms with E-state index in [9.17, 15) is 0 Å². The van der Waals surface area contributed by atoms with Crippen LogP contribution in [0.5, 0.6) is 5.75 Å². The van der Waals surface area contributed by atoms with E-state index in [2.05, 4.69) is 62.6 Å². The summed E-state index contributed by atoms with van der Waals surface area (Å²) in [6.45, 7) is 5.11. The number of benzene rings is 2. The second-order valence-corrected chi connectivity index (χ2v) is 5.81. The van der Waals surface area contributed by atoms with E-state index in [0.717, 1.165) is 12.2 Å².